The SMILES string of the molecule is NC(=S)OCCC(F)=C(F)F.NC(O)=S. The van der Waals surface area contributed by atoms with E-state index < -0.39 is 23.5 Å². The van der Waals surface area contributed by atoms with Gasteiger partial charge in [0.2, 0.25) is 0 Å². The molecular weight excluding hydrogens is 253 g/mol. The minimum Gasteiger partial charge on any atom is -0.487 e. The van der Waals surface area contributed by atoms with Crippen LogP contribution in [0.1, 0.15) is 6.42 Å². The summed E-state index contributed by atoms with van der Waals surface area (Å²) in [5.41, 5.74) is 9.24. The molecule has 0 aliphatic heterocycles. The van der Waals surface area contributed by atoms with E-state index in [-0.39, 0.29) is 11.8 Å². The third-order valence-corrected chi connectivity index (χ3v) is 0.889. The second-order valence-electron chi connectivity index (χ2n) is 1.92. The number of halogens is 3. The summed E-state index contributed by atoms with van der Waals surface area (Å²) in [5.74, 6) is -1.50. The van der Waals surface area contributed by atoms with Gasteiger partial charge >= 0.3 is 6.08 Å². The maximum absolute atomic E-state index is 11.9. The Bertz CT molecular complexity index is 253. The zero-order valence-electron chi connectivity index (χ0n) is 7.37. The highest BCUT2D eigenvalue weighted by molar-refractivity contribution is 7.80. The summed E-state index contributed by atoms with van der Waals surface area (Å²) in [5, 5.41) is 6.78. The number of aliphatic hydroxyl groups is 1. The van der Waals surface area contributed by atoms with Crippen molar-refractivity contribution in [1.29, 1.82) is 0 Å². The second-order valence-corrected chi connectivity index (χ2v) is 2.74. The van der Waals surface area contributed by atoms with Crippen LogP contribution < -0.4 is 11.5 Å². The van der Waals surface area contributed by atoms with Crippen LogP contribution in [0.4, 0.5) is 13.2 Å². The van der Waals surface area contributed by atoms with E-state index >= 15 is 0 Å². The van der Waals surface area contributed by atoms with Gasteiger partial charge in [0.25, 0.3) is 10.3 Å². The molecule has 4 nitrogen and oxygen atoms in total. The number of hydrogen-bond acceptors (Lipinski definition) is 3. The Hall–Kier alpha value is -1.09. The van der Waals surface area contributed by atoms with Gasteiger partial charge in [0, 0.05) is 6.42 Å². The predicted octanol–water partition coefficient (Wildman–Crippen LogP) is 1.50. The Morgan fingerprint density at radius 2 is 1.60 bits per heavy atom. The molecule has 0 aliphatic carbocycles. The second kappa shape index (κ2) is 9.46. The van der Waals surface area contributed by atoms with Crippen molar-refractivity contribution < 1.29 is 23.0 Å². The highest BCUT2D eigenvalue weighted by Gasteiger charge is 2.04. The van der Waals surface area contributed by atoms with Crippen LogP contribution in [0.2, 0.25) is 0 Å². The third-order valence-electron chi connectivity index (χ3n) is 0.771. The van der Waals surface area contributed by atoms with Crippen molar-refractivity contribution in [3.05, 3.63) is 11.9 Å². The van der Waals surface area contributed by atoms with E-state index in [1.54, 1.807) is 0 Å². The molecule has 0 spiro atoms. The van der Waals surface area contributed by atoms with E-state index in [1.807, 2.05) is 0 Å². The van der Waals surface area contributed by atoms with E-state index in [9.17, 15) is 13.2 Å². The van der Waals surface area contributed by atoms with Crippen molar-refractivity contribution in [2.75, 3.05) is 6.61 Å². The van der Waals surface area contributed by atoms with Crippen LogP contribution in [-0.4, -0.2) is 22.1 Å². The van der Waals surface area contributed by atoms with Gasteiger partial charge in [-0.05, 0) is 24.4 Å². The zero-order chi connectivity index (χ0) is 12.4. The summed E-state index contributed by atoms with van der Waals surface area (Å²) in [6, 6.07) is 0. The molecule has 9 heteroatoms. The Labute approximate surface area is 94.7 Å². The third kappa shape index (κ3) is 19.4. The first-order valence-electron chi connectivity index (χ1n) is 3.37. The number of aliphatic hydroxyl groups excluding tert-OH is 1. The first-order valence-corrected chi connectivity index (χ1v) is 4.19. The number of nitrogens with two attached hydrogens (primary N) is 2. The van der Waals surface area contributed by atoms with E-state index in [1.165, 1.54) is 0 Å². The first kappa shape index (κ1) is 16.3. The van der Waals surface area contributed by atoms with Crippen molar-refractivity contribution in [1.82, 2.24) is 0 Å². The quantitative estimate of drug-likeness (QED) is 0.669. The minimum absolute atomic E-state index is 0.265. The Morgan fingerprint density at radius 3 is 1.87 bits per heavy atom. The molecule has 0 aromatic rings. The van der Waals surface area contributed by atoms with Crippen LogP contribution in [0.3, 0.4) is 0 Å². The van der Waals surface area contributed by atoms with Crippen LogP contribution in [0, 0.1) is 0 Å². The lowest BCUT2D eigenvalue weighted by Gasteiger charge is -1.99. The van der Waals surface area contributed by atoms with Crippen molar-refractivity contribution in [2.45, 2.75) is 6.42 Å². The highest BCUT2D eigenvalue weighted by Crippen LogP contribution is 2.12. The van der Waals surface area contributed by atoms with E-state index in [4.69, 9.17) is 10.8 Å². The number of rotatable bonds is 3. The standard InChI is InChI=1S/C5H6F3NOS.CH3NOS/c6-3(4(7)8)1-2-10-5(9)11;2-1(3)4/h1-2H2,(H2,9,11);(H3,2,3,4). The van der Waals surface area contributed by atoms with E-state index in [0.29, 0.717) is 0 Å². The number of hydrogen-bond donors (Lipinski definition) is 3. The van der Waals surface area contributed by atoms with Gasteiger partial charge in [-0.3, -0.25) is 0 Å². The van der Waals surface area contributed by atoms with Crippen molar-refractivity contribution in [3.63, 3.8) is 0 Å². The van der Waals surface area contributed by atoms with Crippen molar-refractivity contribution in [2.24, 2.45) is 11.5 Å². The van der Waals surface area contributed by atoms with Gasteiger partial charge < -0.3 is 21.3 Å². The maximum Gasteiger partial charge on any atom is 0.301 e. The molecule has 0 bridgehead atoms. The lowest BCUT2D eigenvalue weighted by Crippen LogP contribution is -2.13. The van der Waals surface area contributed by atoms with E-state index in [0.717, 1.165) is 0 Å². The molecule has 0 unspecified atom stereocenters. The molecule has 0 rings (SSSR count). The molecule has 0 aromatic heterocycles. The Kier molecular flexibility index (Phi) is 10.3. The predicted molar refractivity (Wildman–Crippen MR) is 57.1 cm³/mol. The van der Waals surface area contributed by atoms with Crippen LogP contribution >= 0.6 is 24.4 Å². The molecule has 0 radical (unpaired) electrons. The smallest absolute Gasteiger partial charge is 0.301 e. The molecule has 15 heavy (non-hydrogen) atoms. The number of ether oxygens (including phenoxy) is 1. The lowest BCUT2D eigenvalue weighted by molar-refractivity contribution is 0.287. The molecule has 0 aromatic carbocycles. The lowest BCUT2D eigenvalue weighted by atomic mass is 10.4. The molecule has 0 amide bonds. The van der Waals surface area contributed by atoms with Crippen LogP contribution in [0.15, 0.2) is 11.9 Å². The monoisotopic (exact) mass is 262 g/mol. The van der Waals surface area contributed by atoms with Gasteiger partial charge in [0.15, 0.2) is 5.83 Å². The molecule has 0 saturated carbocycles. The topological polar surface area (TPSA) is 81.5 Å². The molecule has 0 heterocycles. The fraction of sp³-hybridized carbons (Fsp3) is 0.333. The summed E-state index contributed by atoms with van der Waals surface area (Å²) in [7, 11) is 0. The Balaban J connectivity index is 0. The van der Waals surface area contributed by atoms with Gasteiger partial charge in [0.05, 0.1) is 6.61 Å². The summed E-state index contributed by atoms with van der Waals surface area (Å²) in [6.45, 7) is -0.265. The average Bonchev–Trinajstić information content (AvgIpc) is 2.01. The van der Waals surface area contributed by atoms with Gasteiger partial charge in [0.1, 0.15) is 0 Å². The van der Waals surface area contributed by atoms with Crippen LogP contribution in [0.5, 0.6) is 0 Å². The molecule has 0 saturated heterocycles. The maximum atomic E-state index is 11.9. The first-order chi connectivity index (χ1) is 6.77. The van der Waals surface area contributed by atoms with Crippen molar-refractivity contribution >= 4 is 34.8 Å². The summed E-state index contributed by atoms with van der Waals surface area (Å²) >= 11 is 8.11. The highest BCUT2D eigenvalue weighted by atomic mass is 32.1. The van der Waals surface area contributed by atoms with Gasteiger partial charge in [-0.2, -0.15) is 8.78 Å². The van der Waals surface area contributed by atoms with E-state index in [2.05, 4.69) is 34.9 Å². The minimum atomic E-state index is -2.34. The summed E-state index contributed by atoms with van der Waals surface area (Å²) in [6.07, 6.45) is -2.85. The summed E-state index contributed by atoms with van der Waals surface area (Å²) in [4.78, 5) is 0. The largest absolute Gasteiger partial charge is 0.487 e. The number of thiocarbonyl (C=S) groups is 2. The fourth-order valence-corrected chi connectivity index (χ4v) is 0.419. The molecule has 0 atom stereocenters. The summed E-state index contributed by atoms with van der Waals surface area (Å²) < 4.78 is 39.0. The van der Waals surface area contributed by atoms with Crippen LogP contribution in [-0.2, 0) is 4.74 Å². The molecule has 0 aliphatic rings. The average molecular weight is 262 g/mol. The van der Waals surface area contributed by atoms with Gasteiger partial charge in [-0.1, -0.05) is 0 Å². The van der Waals surface area contributed by atoms with Crippen LogP contribution in [0.25, 0.3) is 0 Å². The Morgan fingerprint density at radius 1 is 1.20 bits per heavy atom. The van der Waals surface area contributed by atoms with Gasteiger partial charge in [-0.25, -0.2) is 4.39 Å². The molecule has 5 N–H and O–H groups in total. The van der Waals surface area contributed by atoms with Gasteiger partial charge in [-0.15, -0.1) is 0 Å². The molecule has 0 fully saturated rings. The molecular formula is C6H9F3N2O2S2. The van der Waals surface area contributed by atoms with Crippen molar-refractivity contribution in [3.8, 4) is 0 Å². The fourth-order valence-electron chi connectivity index (χ4n) is 0.336. The zero-order valence-corrected chi connectivity index (χ0v) is 9.01. The molecule has 88 valence electrons. The normalized spacial score (nSPS) is 8.20.